The summed E-state index contributed by atoms with van der Waals surface area (Å²) in [5.74, 6) is -1.59. The maximum Gasteiger partial charge on any atom is 0.163 e. The lowest BCUT2D eigenvalue weighted by molar-refractivity contribution is 0.215. The highest BCUT2D eigenvalue weighted by molar-refractivity contribution is 7.80. The molecule has 0 saturated heterocycles. The van der Waals surface area contributed by atoms with Gasteiger partial charge < -0.3 is 5.73 Å². The zero-order valence-electron chi connectivity index (χ0n) is 10.6. The summed E-state index contributed by atoms with van der Waals surface area (Å²) in [6, 6.07) is 4.43. The fraction of sp³-hybridized carbons (Fsp3) is 0.462. The van der Waals surface area contributed by atoms with Crippen LogP contribution in [0.5, 0.6) is 0 Å². The van der Waals surface area contributed by atoms with E-state index in [0.29, 0.717) is 30.1 Å². The molecule has 0 saturated carbocycles. The summed E-state index contributed by atoms with van der Waals surface area (Å²) in [6.45, 7) is 4.99. The second kappa shape index (κ2) is 6.75. The third-order valence-electron chi connectivity index (χ3n) is 2.78. The minimum Gasteiger partial charge on any atom is -0.393 e. The summed E-state index contributed by atoms with van der Waals surface area (Å²) in [5, 5.41) is 0. The molecule has 18 heavy (non-hydrogen) atoms. The van der Waals surface area contributed by atoms with E-state index in [1.54, 1.807) is 6.07 Å². The Labute approximate surface area is 112 Å². The molecule has 0 aromatic heterocycles. The van der Waals surface area contributed by atoms with Gasteiger partial charge in [-0.3, -0.25) is 4.90 Å². The molecule has 0 atom stereocenters. The highest BCUT2D eigenvalue weighted by Crippen LogP contribution is 2.15. The van der Waals surface area contributed by atoms with Crippen LogP contribution in [0.1, 0.15) is 25.8 Å². The molecular formula is C13H18F2N2S. The first kappa shape index (κ1) is 15.0. The lowest BCUT2D eigenvalue weighted by Crippen LogP contribution is -2.33. The van der Waals surface area contributed by atoms with E-state index in [9.17, 15) is 8.78 Å². The summed E-state index contributed by atoms with van der Waals surface area (Å²) >= 11 is 4.83. The van der Waals surface area contributed by atoms with Crippen molar-refractivity contribution in [2.45, 2.75) is 32.9 Å². The fourth-order valence-corrected chi connectivity index (χ4v) is 1.75. The van der Waals surface area contributed by atoms with Crippen LogP contribution in [0.25, 0.3) is 0 Å². The molecule has 2 nitrogen and oxygen atoms in total. The third-order valence-corrected chi connectivity index (χ3v) is 2.98. The van der Waals surface area contributed by atoms with Crippen LogP contribution in [0.15, 0.2) is 18.2 Å². The second-order valence-corrected chi connectivity index (χ2v) is 5.02. The molecule has 0 bridgehead atoms. The predicted molar refractivity (Wildman–Crippen MR) is 73.3 cm³/mol. The molecule has 0 radical (unpaired) electrons. The Morgan fingerprint density at radius 3 is 2.61 bits per heavy atom. The van der Waals surface area contributed by atoms with E-state index in [4.69, 9.17) is 18.0 Å². The lowest BCUT2D eigenvalue weighted by Gasteiger charge is -2.26. The number of halogens is 2. The summed E-state index contributed by atoms with van der Waals surface area (Å²) < 4.78 is 26.7. The van der Waals surface area contributed by atoms with Gasteiger partial charge in [0.25, 0.3) is 0 Å². The van der Waals surface area contributed by atoms with Gasteiger partial charge in [0.15, 0.2) is 11.6 Å². The van der Waals surface area contributed by atoms with Gasteiger partial charge in [-0.15, -0.1) is 0 Å². The van der Waals surface area contributed by atoms with Gasteiger partial charge in [-0.1, -0.05) is 24.4 Å². The van der Waals surface area contributed by atoms with Gasteiger partial charge in [-0.2, -0.15) is 0 Å². The predicted octanol–water partition coefficient (Wildman–Crippen LogP) is 2.85. The van der Waals surface area contributed by atoms with Crippen molar-refractivity contribution < 1.29 is 8.78 Å². The van der Waals surface area contributed by atoms with Crippen LogP contribution in [0.2, 0.25) is 0 Å². The van der Waals surface area contributed by atoms with Crippen molar-refractivity contribution in [2.24, 2.45) is 5.73 Å². The molecular weight excluding hydrogens is 254 g/mol. The third kappa shape index (κ3) is 4.31. The van der Waals surface area contributed by atoms with Crippen molar-refractivity contribution >= 4 is 17.2 Å². The zero-order chi connectivity index (χ0) is 13.7. The number of benzene rings is 1. The van der Waals surface area contributed by atoms with Gasteiger partial charge in [0.05, 0.1) is 4.99 Å². The zero-order valence-corrected chi connectivity index (χ0v) is 11.4. The molecule has 1 aromatic rings. The molecule has 0 heterocycles. The minimum atomic E-state index is -0.814. The number of hydrogen-bond acceptors (Lipinski definition) is 2. The van der Waals surface area contributed by atoms with E-state index in [1.807, 2.05) is 18.7 Å². The molecule has 0 unspecified atom stereocenters. The smallest absolute Gasteiger partial charge is 0.163 e. The van der Waals surface area contributed by atoms with Crippen LogP contribution in [-0.4, -0.2) is 22.5 Å². The second-order valence-electron chi connectivity index (χ2n) is 4.49. The van der Waals surface area contributed by atoms with E-state index in [-0.39, 0.29) is 6.04 Å². The fourth-order valence-electron chi connectivity index (χ4n) is 1.66. The first-order valence-corrected chi connectivity index (χ1v) is 6.28. The van der Waals surface area contributed by atoms with E-state index in [2.05, 4.69) is 0 Å². The van der Waals surface area contributed by atoms with Gasteiger partial charge in [0.1, 0.15) is 0 Å². The first-order valence-electron chi connectivity index (χ1n) is 5.87. The van der Waals surface area contributed by atoms with Crippen molar-refractivity contribution in [2.75, 3.05) is 6.54 Å². The van der Waals surface area contributed by atoms with Crippen LogP contribution in [0.3, 0.4) is 0 Å². The average Bonchev–Trinajstić information content (AvgIpc) is 2.29. The largest absolute Gasteiger partial charge is 0.393 e. The van der Waals surface area contributed by atoms with Crippen molar-refractivity contribution in [3.63, 3.8) is 0 Å². The Bertz CT molecular complexity index is 421. The van der Waals surface area contributed by atoms with E-state index < -0.39 is 11.6 Å². The first-order chi connectivity index (χ1) is 8.41. The molecule has 0 aliphatic carbocycles. The van der Waals surface area contributed by atoms with Gasteiger partial charge in [-0.25, -0.2) is 8.78 Å². The van der Waals surface area contributed by atoms with Crippen molar-refractivity contribution in [3.05, 3.63) is 35.4 Å². The van der Waals surface area contributed by atoms with E-state index in [0.717, 1.165) is 6.07 Å². The van der Waals surface area contributed by atoms with Crippen LogP contribution in [0, 0.1) is 11.6 Å². The Hall–Kier alpha value is -1.07. The maximum atomic E-state index is 13.6. The molecule has 0 aliphatic rings. The van der Waals surface area contributed by atoms with Crippen molar-refractivity contribution in [3.8, 4) is 0 Å². The Morgan fingerprint density at radius 2 is 2.06 bits per heavy atom. The van der Waals surface area contributed by atoms with Crippen LogP contribution < -0.4 is 5.73 Å². The molecule has 2 N–H and O–H groups in total. The normalized spacial score (nSPS) is 11.2. The highest BCUT2D eigenvalue weighted by atomic mass is 32.1. The highest BCUT2D eigenvalue weighted by Gasteiger charge is 2.14. The minimum absolute atomic E-state index is 0.210. The Morgan fingerprint density at radius 1 is 1.39 bits per heavy atom. The summed E-state index contributed by atoms with van der Waals surface area (Å²) in [6.07, 6.45) is 0.574. The average molecular weight is 272 g/mol. The van der Waals surface area contributed by atoms with Crippen LogP contribution >= 0.6 is 12.2 Å². The molecule has 0 amide bonds. The van der Waals surface area contributed by atoms with Crippen molar-refractivity contribution in [1.29, 1.82) is 0 Å². The van der Waals surface area contributed by atoms with Gasteiger partial charge >= 0.3 is 0 Å². The van der Waals surface area contributed by atoms with Gasteiger partial charge in [-0.05, 0) is 19.9 Å². The summed E-state index contributed by atoms with van der Waals surface area (Å²) in [5.41, 5.74) is 5.81. The summed E-state index contributed by atoms with van der Waals surface area (Å²) in [4.78, 5) is 2.44. The maximum absolute atomic E-state index is 13.6. The Balaban J connectivity index is 2.77. The monoisotopic (exact) mass is 272 g/mol. The lowest BCUT2D eigenvalue weighted by atomic mass is 10.1. The molecule has 100 valence electrons. The molecule has 0 aliphatic heterocycles. The molecule has 0 spiro atoms. The molecule has 1 aromatic carbocycles. The van der Waals surface area contributed by atoms with Gasteiger partial charge in [0, 0.05) is 31.1 Å². The number of hydrogen-bond donors (Lipinski definition) is 1. The SMILES string of the molecule is CC(C)N(CCC(N)=S)Cc1cccc(F)c1F. The van der Waals surface area contributed by atoms with Crippen molar-refractivity contribution in [1.82, 2.24) is 4.90 Å². The van der Waals surface area contributed by atoms with Gasteiger partial charge in [0.2, 0.25) is 0 Å². The Kier molecular flexibility index (Phi) is 5.62. The molecule has 5 heteroatoms. The number of thiocarbonyl (C=S) groups is 1. The number of rotatable bonds is 6. The standard InChI is InChI=1S/C13H18F2N2S/c1-9(2)17(7-6-12(16)18)8-10-4-3-5-11(14)13(10)15/h3-5,9H,6-8H2,1-2H3,(H2,16,18). The quantitative estimate of drug-likeness (QED) is 0.807. The van der Waals surface area contributed by atoms with Crippen LogP contribution in [0.4, 0.5) is 8.78 Å². The molecule has 1 rings (SSSR count). The van der Waals surface area contributed by atoms with E-state index >= 15 is 0 Å². The number of nitrogens with two attached hydrogens (primary N) is 1. The summed E-state index contributed by atoms with van der Waals surface area (Å²) in [7, 11) is 0. The van der Waals surface area contributed by atoms with Crippen LogP contribution in [-0.2, 0) is 6.54 Å². The number of nitrogens with zero attached hydrogens (tertiary/aromatic N) is 1. The van der Waals surface area contributed by atoms with E-state index in [1.165, 1.54) is 6.07 Å². The molecule has 0 fully saturated rings. The topological polar surface area (TPSA) is 29.3 Å².